The van der Waals surface area contributed by atoms with E-state index in [0.717, 1.165) is 0 Å². The molecule has 0 aliphatic rings. The molecule has 0 fully saturated rings. The smallest absolute Gasteiger partial charge is 0.339 e. The summed E-state index contributed by atoms with van der Waals surface area (Å²) in [5.74, 6) is -0.777. The minimum Gasteiger partial charge on any atom is -0.465 e. The number of Topliss-reactive ketones (excluding diaryl/α,β-unsaturated/α-hetero) is 1. The Kier molecular flexibility index (Phi) is 4.65. The quantitative estimate of drug-likeness (QED) is 0.664. The average Bonchev–Trinajstić information content (AvgIpc) is 2.77. The molecule has 0 bridgehead atoms. The molecule has 0 radical (unpaired) electrons. The largest absolute Gasteiger partial charge is 0.465 e. The normalized spacial score (nSPS) is 10.5. The molecule has 0 aliphatic carbocycles. The van der Waals surface area contributed by atoms with E-state index in [1.807, 2.05) is 0 Å². The number of carbonyl (C=O) groups is 2. The molecule has 0 aliphatic heterocycles. The van der Waals surface area contributed by atoms with Crippen LogP contribution in [-0.2, 0) is 11.3 Å². The summed E-state index contributed by atoms with van der Waals surface area (Å²) >= 11 is 3.26. The van der Waals surface area contributed by atoms with E-state index >= 15 is 0 Å². The Morgan fingerprint density at radius 2 is 2.00 bits per heavy atom. The zero-order valence-corrected chi connectivity index (χ0v) is 14.0. The van der Waals surface area contributed by atoms with Crippen LogP contribution in [-0.4, -0.2) is 28.4 Å². The Morgan fingerprint density at radius 1 is 1.32 bits per heavy atom. The monoisotopic (exact) mass is 366 g/mol. The van der Waals surface area contributed by atoms with Gasteiger partial charge in [-0.2, -0.15) is 0 Å². The van der Waals surface area contributed by atoms with E-state index in [0.29, 0.717) is 27.0 Å². The summed E-state index contributed by atoms with van der Waals surface area (Å²) in [6.07, 6.45) is 1.55. The molecule has 2 aromatic rings. The number of pyridine rings is 1. The Hall–Kier alpha value is -2.15. The Morgan fingerprint density at radius 3 is 2.64 bits per heavy atom. The van der Waals surface area contributed by atoms with Crippen molar-refractivity contribution in [2.24, 2.45) is 0 Å². The number of esters is 1. The molecule has 116 valence electrons. The van der Waals surface area contributed by atoms with E-state index in [2.05, 4.69) is 20.9 Å². The third kappa shape index (κ3) is 3.04. The van der Waals surface area contributed by atoms with E-state index in [-0.39, 0.29) is 17.9 Å². The molecule has 22 heavy (non-hydrogen) atoms. The molecule has 6 nitrogen and oxygen atoms in total. The number of aryl methyl sites for hydroxylation is 1. The van der Waals surface area contributed by atoms with Crippen LogP contribution in [0.3, 0.4) is 0 Å². The number of nitrogens with zero attached hydrogens (tertiary/aromatic N) is 1. The number of H-pyrrole nitrogens is 1. The Bertz CT molecular complexity index is 804. The minimum atomic E-state index is -0.495. The first-order valence-electron chi connectivity index (χ1n) is 6.51. The fourth-order valence-corrected chi connectivity index (χ4v) is 2.68. The van der Waals surface area contributed by atoms with Crippen molar-refractivity contribution in [2.45, 2.75) is 20.4 Å². The molecule has 0 atom stereocenters. The SMILES string of the molecule is COC(=O)c1c(C)[nH]c(C(=O)Cn2cc(Br)ccc2=O)c1C. The van der Waals surface area contributed by atoms with Crippen molar-refractivity contribution >= 4 is 27.7 Å². The van der Waals surface area contributed by atoms with Crippen LogP contribution in [0.1, 0.15) is 32.1 Å². The first-order valence-corrected chi connectivity index (χ1v) is 7.31. The van der Waals surface area contributed by atoms with E-state index in [1.165, 1.54) is 17.7 Å². The lowest BCUT2D eigenvalue weighted by atomic mass is 10.1. The number of rotatable bonds is 4. The lowest BCUT2D eigenvalue weighted by molar-refractivity contribution is 0.0599. The highest BCUT2D eigenvalue weighted by molar-refractivity contribution is 9.10. The summed E-state index contributed by atoms with van der Waals surface area (Å²) in [5.41, 5.74) is 1.48. The summed E-state index contributed by atoms with van der Waals surface area (Å²) in [6, 6.07) is 2.99. The van der Waals surface area contributed by atoms with Crippen LogP contribution in [0.5, 0.6) is 0 Å². The number of nitrogens with one attached hydrogen (secondary N) is 1. The van der Waals surface area contributed by atoms with Gasteiger partial charge in [0.1, 0.15) is 0 Å². The van der Waals surface area contributed by atoms with Gasteiger partial charge in [0.25, 0.3) is 5.56 Å². The topological polar surface area (TPSA) is 81.2 Å². The van der Waals surface area contributed by atoms with Gasteiger partial charge < -0.3 is 14.3 Å². The molecule has 0 amide bonds. The zero-order valence-electron chi connectivity index (χ0n) is 12.4. The third-order valence-corrected chi connectivity index (χ3v) is 3.84. The highest BCUT2D eigenvalue weighted by Crippen LogP contribution is 2.19. The number of ether oxygens (including phenoxy) is 1. The molecule has 2 rings (SSSR count). The molecular formula is C15H15BrN2O4. The molecule has 0 unspecified atom stereocenters. The van der Waals surface area contributed by atoms with Crippen LogP contribution in [0, 0.1) is 13.8 Å². The summed E-state index contributed by atoms with van der Waals surface area (Å²) in [6.45, 7) is 3.26. The molecule has 0 spiro atoms. The molecular weight excluding hydrogens is 352 g/mol. The van der Waals surface area contributed by atoms with Gasteiger partial charge in [-0.3, -0.25) is 9.59 Å². The predicted molar refractivity (Wildman–Crippen MR) is 84.3 cm³/mol. The summed E-state index contributed by atoms with van der Waals surface area (Å²) in [4.78, 5) is 38.8. The van der Waals surface area contributed by atoms with Crippen molar-refractivity contribution < 1.29 is 14.3 Å². The number of aromatic nitrogens is 2. The second-order valence-corrected chi connectivity index (χ2v) is 5.77. The molecule has 1 N–H and O–H groups in total. The van der Waals surface area contributed by atoms with Crippen LogP contribution in [0.4, 0.5) is 0 Å². The maximum atomic E-state index is 12.4. The fourth-order valence-electron chi connectivity index (χ4n) is 2.30. The van der Waals surface area contributed by atoms with Crippen LogP contribution in [0.25, 0.3) is 0 Å². The van der Waals surface area contributed by atoms with Gasteiger partial charge in [0, 0.05) is 22.4 Å². The van der Waals surface area contributed by atoms with Gasteiger partial charge in [-0.1, -0.05) is 0 Å². The summed E-state index contributed by atoms with van der Waals surface area (Å²) < 4.78 is 6.72. The highest BCUT2D eigenvalue weighted by atomic mass is 79.9. The van der Waals surface area contributed by atoms with E-state index in [1.54, 1.807) is 26.1 Å². The number of hydrogen-bond donors (Lipinski definition) is 1. The fraction of sp³-hybridized carbons (Fsp3) is 0.267. The van der Waals surface area contributed by atoms with Crippen molar-refractivity contribution in [3.8, 4) is 0 Å². The number of hydrogen-bond acceptors (Lipinski definition) is 4. The van der Waals surface area contributed by atoms with E-state index in [4.69, 9.17) is 4.74 Å². The van der Waals surface area contributed by atoms with Gasteiger partial charge in [-0.15, -0.1) is 0 Å². The second-order valence-electron chi connectivity index (χ2n) is 4.85. The Balaban J connectivity index is 2.37. The first kappa shape index (κ1) is 16.2. The van der Waals surface area contributed by atoms with Crippen molar-refractivity contribution in [2.75, 3.05) is 7.11 Å². The van der Waals surface area contributed by atoms with Gasteiger partial charge >= 0.3 is 5.97 Å². The molecule has 2 aromatic heterocycles. The zero-order chi connectivity index (χ0) is 16.4. The second kappa shape index (κ2) is 6.31. The van der Waals surface area contributed by atoms with Gasteiger partial charge in [-0.05, 0) is 41.4 Å². The van der Waals surface area contributed by atoms with Crippen LogP contribution < -0.4 is 5.56 Å². The lowest BCUT2D eigenvalue weighted by Gasteiger charge is -2.05. The maximum absolute atomic E-state index is 12.4. The number of carbonyl (C=O) groups excluding carboxylic acids is 2. The molecule has 7 heteroatoms. The number of halogens is 1. The summed E-state index contributed by atoms with van der Waals surface area (Å²) in [5, 5.41) is 0. The van der Waals surface area contributed by atoms with E-state index < -0.39 is 5.97 Å². The molecule has 0 saturated carbocycles. The van der Waals surface area contributed by atoms with Gasteiger partial charge in [-0.25, -0.2) is 4.79 Å². The standard InChI is InChI=1S/C15H15BrN2O4/c1-8-13(15(21)22-3)9(2)17-14(8)11(19)7-18-6-10(16)4-5-12(18)20/h4-6,17H,7H2,1-3H3. The third-order valence-electron chi connectivity index (χ3n) is 3.37. The molecule has 0 aromatic carbocycles. The summed E-state index contributed by atoms with van der Waals surface area (Å²) in [7, 11) is 1.29. The number of ketones is 1. The molecule has 2 heterocycles. The first-order chi connectivity index (χ1) is 10.3. The van der Waals surface area contributed by atoms with Gasteiger partial charge in [0.15, 0.2) is 5.78 Å². The van der Waals surface area contributed by atoms with Gasteiger partial charge in [0.2, 0.25) is 0 Å². The molecule has 0 saturated heterocycles. The van der Waals surface area contributed by atoms with Crippen molar-refractivity contribution in [1.82, 2.24) is 9.55 Å². The number of methoxy groups -OCH3 is 1. The van der Waals surface area contributed by atoms with Crippen LogP contribution in [0.15, 0.2) is 27.6 Å². The van der Waals surface area contributed by atoms with Crippen molar-refractivity contribution in [1.29, 1.82) is 0 Å². The predicted octanol–water partition coefficient (Wildman–Crippen LogP) is 2.23. The van der Waals surface area contributed by atoms with Crippen LogP contribution in [0.2, 0.25) is 0 Å². The number of aromatic amines is 1. The highest BCUT2D eigenvalue weighted by Gasteiger charge is 2.22. The average molecular weight is 367 g/mol. The minimum absolute atomic E-state index is 0.111. The maximum Gasteiger partial charge on any atom is 0.339 e. The lowest BCUT2D eigenvalue weighted by Crippen LogP contribution is -2.23. The van der Waals surface area contributed by atoms with Crippen molar-refractivity contribution in [3.05, 3.63) is 55.7 Å². The van der Waals surface area contributed by atoms with Crippen LogP contribution >= 0.6 is 15.9 Å². The van der Waals surface area contributed by atoms with E-state index in [9.17, 15) is 14.4 Å². The Labute approximate surface area is 135 Å². The van der Waals surface area contributed by atoms with Crippen molar-refractivity contribution in [3.63, 3.8) is 0 Å². The van der Waals surface area contributed by atoms with Gasteiger partial charge in [0.05, 0.1) is 24.9 Å².